The first-order valence-corrected chi connectivity index (χ1v) is 8.47. The largest absolute Gasteiger partial charge is 0.450 e. The van der Waals surface area contributed by atoms with Crippen molar-refractivity contribution in [2.45, 2.75) is 45.1 Å². The third-order valence-corrected chi connectivity index (χ3v) is 5.28. The summed E-state index contributed by atoms with van der Waals surface area (Å²) in [6, 6.07) is 0.315. The lowest BCUT2D eigenvalue weighted by molar-refractivity contribution is -0.150. The number of likely N-dealkylation sites (tertiary alicyclic amines) is 2. The average molecular weight is 310 g/mol. The molecule has 3 aliphatic heterocycles. The van der Waals surface area contributed by atoms with Gasteiger partial charge in [-0.15, -0.1) is 0 Å². The first-order valence-electron chi connectivity index (χ1n) is 8.47. The van der Waals surface area contributed by atoms with E-state index in [0.717, 1.165) is 51.9 Å². The molecular formula is C16H26N2O4. The number of carbonyl (C=O) groups excluding carboxylic acids is 2. The molecule has 6 nitrogen and oxygen atoms in total. The van der Waals surface area contributed by atoms with Crippen molar-refractivity contribution in [1.29, 1.82) is 0 Å². The maximum Gasteiger partial charge on any atom is 0.409 e. The average Bonchev–Trinajstić information content (AvgIpc) is 2.97. The molecule has 0 unspecified atom stereocenters. The fourth-order valence-electron chi connectivity index (χ4n) is 4.07. The molecule has 3 fully saturated rings. The van der Waals surface area contributed by atoms with E-state index in [1.165, 1.54) is 0 Å². The van der Waals surface area contributed by atoms with E-state index in [1.807, 2.05) is 6.92 Å². The summed E-state index contributed by atoms with van der Waals surface area (Å²) in [5.74, 6) is 0.248. The second-order valence-electron chi connectivity index (χ2n) is 6.60. The highest BCUT2D eigenvalue weighted by molar-refractivity contribution is 5.85. The number of piperidine rings is 1. The van der Waals surface area contributed by atoms with E-state index < -0.39 is 0 Å². The number of nitrogens with zero attached hydrogens (tertiary/aromatic N) is 2. The molecule has 3 heterocycles. The molecule has 3 aliphatic rings. The fraction of sp³-hybridized carbons (Fsp3) is 0.875. The van der Waals surface area contributed by atoms with Gasteiger partial charge >= 0.3 is 6.09 Å². The smallest absolute Gasteiger partial charge is 0.409 e. The second-order valence-corrected chi connectivity index (χ2v) is 6.60. The summed E-state index contributed by atoms with van der Waals surface area (Å²) >= 11 is 0. The van der Waals surface area contributed by atoms with Crippen molar-refractivity contribution in [2.24, 2.45) is 5.41 Å². The number of amides is 2. The molecule has 0 aromatic carbocycles. The van der Waals surface area contributed by atoms with Gasteiger partial charge in [-0.2, -0.15) is 0 Å². The van der Waals surface area contributed by atoms with Gasteiger partial charge in [0.2, 0.25) is 5.91 Å². The van der Waals surface area contributed by atoms with Crippen LogP contribution in [0.15, 0.2) is 0 Å². The van der Waals surface area contributed by atoms with Gasteiger partial charge in [-0.25, -0.2) is 4.79 Å². The highest BCUT2D eigenvalue weighted by atomic mass is 16.6. The molecule has 0 N–H and O–H groups in total. The summed E-state index contributed by atoms with van der Waals surface area (Å²) in [4.78, 5) is 28.8. The zero-order valence-corrected chi connectivity index (χ0v) is 13.4. The lowest BCUT2D eigenvalue weighted by atomic mass is 9.77. The predicted octanol–water partition coefficient (Wildman–Crippen LogP) is 1.64. The van der Waals surface area contributed by atoms with E-state index in [9.17, 15) is 9.59 Å². The van der Waals surface area contributed by atoms with E-state index >= 15 is 0 Å². The minimum atomic E-state index is -0.372. The van der Waals surface area contributed by atoms with Gasteiger partial charge in [0.15, 0.2) is 0 Å². The van der Waals surface area contributed by atoms with Crippen molar-refractivity contribution in [3.8, 4) is 0 Å². The van der Waals surface area contributed by atoms with Crippen LogP contribution in [0.1, 0.15) is 39.0 Å². The lowest BCUT2D eigenvalue weighted by Gasteiger charge is -2.44. The fourth-order valence-corrected chi connectivity index (χ4v) is 4.07. The Hall–Kier alpha value is -1.30. The summed E-state index contributed by atoms with van der Waals surface area (Å²) in [5.41, 5.74) is -0.372. The van der Waals surface area contributed by atoms with Crippen LogP contribution < -0.4 is 0 Å². The number of ether oxygens (including phenoxy) is 2. The van der Waals surface area contributed by atoms with Crippen LogP contribution in [0.4, 0.5) is 4.79 Å². The van der Waals surface area contributed by atoms with Crippen LogP contribution in [0.3, 0.4) is 0 Å². The molecule has 0 aliphatic carbocycles. The SMILES string of the molecule is CCOC(=O)N1CC[C@@]2(CCCN(C3CCOCC3)C2=O)C1. The standard InChI is InChI=1S/C16H26N2O4/c1-2-22-15(20)17-9-7-16(12-17)6-3-8-18(14(16)19)13-4-10-21-11-5-13/h13H,2-12H2,1H3/t16-/m0/s1. The molecule has 1 spiro atoms. The second kappa shape index (κ2) is 6.44. The van der Waals surface area contributed by atoms with Crippen LogP contribution in [0.25, 0.3) is 0 Å². The Morgan fingerprint density at radius 2 is 2.09 bits per heavy atom. The van der Waals surface area contributed by atoms with Crippen LogP contribution in [0, 0.1) is 5.41 Å². The maximum absolute atomic E-state index is 13.1. The summed E-state index contributed by atoms with van der Waals surface area (Å²) in [6.07, 6.45) is 4.27. The number of hydrogen-bond donors (Lipinski definition) is 0. The Balaban J connectivity index is 1.68. The van der Waals surface area contributed by atoms with Gasteiger partial charge in [0.1, 0.15) is 0 Å². The number of carbonyl (C=O) groups is 2. The molecule has 0 radical (unpaired) electrons. The Morgan fingerprint density at radius 1 is 1.32 bits per heavy atom. The summed E-state index contributed by atoms with van der Waals surface area (Å²) in [6.45, 7) is 5.68. The molecule has 3 rings (SSSR count). The Bertz CT molecular complexity index is 436. The predicted molar refractivity (Wildman–Crippen MR) is 80.4 cm³/mol. The molecule has 0 bridgehead atoms. The minimum Gasteiger partial charge on any atom is -0.450 e. The first-order chi connectivity index (χ1) is 10.7. The van der Waals surface area contributed by atoms with Crippen LogP contribution in [-0.2, 0) is 14.3 Å². The normalized spacial score (nSPS) is 30.1. The van der Waals surface area contributed by atoms with Crippen LogP contribution in [0.2, 0.25) is 0 Å². The molecule has 124 valence electrons. The van der Waals surface area contributed by atoms with E-state index in [0.29, 0.717) is 25.7 Å². The van der Waals surface area contributed by atoms with Gasteiger partial charge in [-0.3, -0.25) is 4.79 Å². The number of rotatable bonds is 2. The Kier molecular flexibility index (Phi) is 4.57. The summed E-state index contributed by atoms with van der Waals surface area (Å²) in [7, 11) is 0. The van der Waals surface area contributed by atoms with Crippen LogP contribution in [-0.4, -0.2) is 67.3 Å². The molecule has 22 heavy (non-hydrogen) atoms. The van der Waals surface area contributed by atoms with Crippen LogP contribution in [0.5, 0.6) is 0 Å². The van der Waals surface area contributed by atoms with Gasteiger partial charge in [0, 0.05) is 38.9 Å². The molecule has 0 saturated carbocycles. The third kappa shape index (κ3) is 2.81. The van der Waals surface area contributed by atoms with Crippen molar-refractivity contribution in [2.75, 3.05) is 39.5 Å². The van der Waals surface area contributed by atoms with Crippen molar-refractivity contribution in [3.63, 3.8) is 0 Å². The van der Waals surface area contributed by atoms with Crippen molar-refractivity contribution in [1.82, 2.24) is 9.80 Å². The van der Waals surface area contributed by atoms with Crippen LogP contribution >= 0.6 is 0 Å². The highest BCUT2D eigenvalue weighted by Gasteiger charge is 2.50. The number of hydrogen-bond acceptors (Lipinski definition) is 4. The Labute approximate surface area is 131 Å². The van der Waals surface area contributed by atoms with E-state index in [4.69, 9.17) is 9.47 Å². The monoisotopic (exact) mass is 310 g/mol. The zero-order valence-electron chi connectivity index (χ0n) is 13.4. The quantitative estimate of drug-likeness (QED) is 0.778. The first kappa shape index (κ1) is 15.6. The minimum absolute atomic E-state index is 0.248. The van der Waals surface area contributed by atoms with Crippen molar-refractivity contribution < 1.29 is 19.1 Å². The topological polar surface area (TPSA) is 59.1 Å². The van der Waals surface area contributed by atoms with E-state index in [1.54, 1.807) is 4.90 Å². The molecular weight excluding hydrogens is 284 g/mol. The van der Waals surface area contributed by atoms with Gasteiger partial charge in [-0.05, 0) is 39.0 Å². The van der Waals surface area contributed by atoms with E-state index in [2.05, 4.69) is 4.90 Å². The molecule has 0 aromatic heterocycles. The zero-order chi connectivity index (χ0) is 15.6. The van der Waals surface area contributed by atoms with Gasteiger partial charge < -0.3 is 19.3 Å². The highest BCUT2D eigenvalue weighted by Crippen LogP contribution is 2.41. The molecule has 2 amide bonds. The molecule has 6 heteroatoms. The third-order valence-electron chi connectivity index (χ3n) is 5.28. The van der Waals surface area contributed by atoms with Gasteiger partial charge in [0.25, 0.3) is 0 Å². The van der Waals surface area contributed by atoms with Gasteiger partial charge in [0.05, 0.1) is 12.0 Å². The van der Waals surface area contributed by atoms with Crippen molar-refractivity contribution >= 4 is 12.0 Å². The maximum atomic E-state index is 13.1. The molecule has 3 saturated heterocycles. The summed E-state index contributed by atoms with van der Waals surface area (Å²) in [5, 5.41) is 0. The Morgan fingerprint density at radius 3 is 2.82 bits per heavy atom. The summed E-state index contributed by atoms with van der Waals surface area (Å²) < 4.78 is 10.5. The van der Waals surface area contributed by atoms with Gasteiger partial charge in [-0.1, -0.05) is 0 Å². The molecule has 1 atom stereocenters. The van der Waals surface area contributed by atoms with Crippen molar-refractivity contribution in [3.05, 3.63) is 0 Å². The lowest BCUT2D eigenvalue weighted by Crippen LogP contribution is -2.55. The van der Waals surface area contributed by atoms with E-state index in [-0.39, 0.29) is 17.4 Å². The molecule has 0 aromatic rings.